The number of pyridine rings is 2. The van der Waals surface area contributed by atoms with E-state index in [9.17, 15) is 4.79 Å². The van der Waals surface area contributed by atoms with Crippen LogP contribution in [0.5, 0.6) is 0 Å². The summed E-state index contributed by atoms with van der Waals surface area (Å²) in [6.45, 7) is 10.3. The van der Waals surface area contributed by atoms with Gasteiger partial charge in [-0.05, 0) is 45.0 Å². The van der Waals surface area contributed by atoms with Crippen LogP contribution in [0, 0.1) is 10.8 Å². The fraction of sp³-hybridized carbons (Fsp3) is 0.400. The van der Waals surface area contributed by atoms with Crippen LogP contribution in [0.2, 0.25) is 0 Å². The maximum absolute atomic E-state index is 13.5. The van der Waals surface area contributed by atoms with Gasteiger partial charge in [-0.2, -0.15) is 0 Å². The van der Waals surface area contributed by atoms with Crippen LogP contribution in [0.3, 0.4) is 0 Å². The number of amides is 1. The number of anilines is 2. The second-order valence-electron chi connectivity index (χ2n) is 8.47. The quantitative estimate of drug-likeness (QED) is 0.431. The molecule has 0 atom stereocenters. The SMILES string of the molecule is C=C1CCCN1c1cc2c(c(CNC)n1)CN(c1cccc(C(=N)N(CC)C(=N)CC)n1)C2=O. The first-order valence-electron chi connectivity index (χ1n) is 11.7. The van der Waals surface area contributed by atoms with Crippen molar-refractivity contribution in [3.8, 4) is 0 Å². The van der Waals surface area contributed by atoms with Crippen molar-refractivity contribution in [2.75, 3.05) is 29.9 Å². The molecule has 2 aliphatic rings. The minimum Gasteiger partial charge on any atom is -0.331 e. The molecule has 3 N–H and O–H groups in total. The van der Waals surface area contributed by atoms with Gasteiger partial charge in [-0.15, -0.1) is 0 Å². The highest BCUT2D eigenvalue weighted by atomic mass is 16.2. The average Bonchev–Trinajstić information content (AvgIpc) is 3.42. The number of nitrogens with zero attached hydrogens (tertiary/aromatic N) is 5. The van der Waals surface area contributed by atoms with Crippen LogP contribution in [0.4, 0.5) is 11.6 Å². The first-order valence-corrected chi connectivity index (χ1v) is 11.7. The second kappa shape index (κ2) is 9.72. The lowest BCUT2D eigenvalue weighted by Gasteiger charge is -2.24. The van der Waals surface area contributed by atoms with Gasteiger partial charge in [0.25, 0.3) is 5.91 Å². The number of nitrogens with one attached hydrogen (secondary N) is 3. The third kappa shape index (κ3) is 4.19. The lowest BCUT2D eigenvalue weighted by Crippen LogP contribution is -2.36. The summed E-state index contributed by atoms with van der Waals surface area (Å²) in [7, 11) is 1.87. The monoisotopic (exact) mass is 460 g/mol. The molecule has 4 rings (SSSR count). The van der Waals surface area contributed by atoms with E-state index < -0.39 is 0 Å². The van der Waals surface area contributed by atoms with Gasteiger partial charge in [-0.25, -0.2) is 9.97 Å². The number of carbonyl (C=O) groups excluding carboxylic acids is 1. The third-order valence-corrected chi connectivity index (χ3v) is 6.34. The van der Waals surface area contributed by atoms with Gasteiger partial charge < -0.3 is 15.1 Å². The van der Waals surface area contributed by atoms with Crippen molar-refractivity contribution >= 4 is 29.2 Å². The molecule has 4 heterocycles. The molecule has 178 valence electrons. The van der Waals surface area contributed by atoms with Crippen molar-refractivity contribution in [1.82, 2.24) is 20.2 Å². The van der Waals surface area contributed by atoms with Crippen LogP contribution in [0.25, 0.3) is 0 Å². The number of allylic oxidation sites excluding steroid dienone is 1. The standard InChI is InChI=1S/C25H32N8O/c1-5-21(26)31(6-2)24(27)19-10-7-11-22(29-19)33-15-18-17(25(33)34)13-23(30-20(18)14-28-4)32-12-8-9-16(32)3/h7,10-11,13,26-28H,3,5-6,8-9,12,14-15H2,1-2,4H3. The summed E-state index contributed by atoms with van der Waals surface area (Å²) in [6.07, 6.45) is 2.50. The van der Waals surface area contributed by atoms with Gasteiger partial charge in [-0.3, -0.25) is 20.5 Å². The van der Waals surface area contributed by atoms with E-state index in [4.69, 9.17) is 15.8 Å². The van der Waals surface area contributed by atoms with E-state index in [1.165, 1.54) is 0 Å². The molecule has 0 aliphatic carbocycles. The predicted octanol–water partition coefficient (Wildman–Crippen LogP) is 3.50. The molecule has 0 aromatic carbocycles. The molecule has 1 saturated heterocycles. The van der Waals surface area contributed by atoms with Gasteiger partial charge in [-0.1, -0.05) is 19.6 Å². The van der Waals surface area contributed by atoms with E-state index in [-0.39, 0.29) is 11.7 Å². The Morgan fingerprint density at radius 2 is 2.00 bits per heavy atom. The molecule has 1 fully saturated rings. The zero-order valence-electron chi connectivity index (χ0n) is 20.1. The Kier molecular flexibility index (Phi) is 6.74. The highest BCUT2D eigenvalue weighted by Gasteiger charge is 2.34. The molecular weight excluding hydrogens is 428 g/mol. The van der Waals surface area contributed by atoms with Crippen LogP contribution in [0.1, 0.15) is 60.4 Å². The lowest BCUT2D eigenvalue weighted by molar-refractivity contribution is 0.0996. The number of amidine groups is 2. The Hall–Kier alpha value is -3.59. The van der Waals surface area contributed by atoms with Crippen LogP contribution >= 0.6 is 0 Å². The first kappa shape index (κ1) is 23.6. The summed E-state index contributed by atoms with van der Waals surface area (Å²) in [5, 5.41) is 19.9. The summed E-state index contributed by atoms with van der Waals surface area (Å²) in [4.78, 5) is 28.4. The van der Waals surface area contributed by atoms with Crippen molar-refractivity contribution in [3.63, 3.8) is 0 Å². The van der Waals surface area contributed by atoms with E-state index in [0.29, 0.717) is 49.0 Å². The van der Waals surface area contributed by atoms with Crippen molar-refractivity contribution in [2.24, 2.45) is 0 Å². The first-order chi connectivity index (χ1) is 16.4. The number of rotatable bonds is 7. The largest absolute Gasteiger partial charge is 0.331 e. The maximum Gasteiger partial charge on any atom is 0.260 e. The van der Waals surface area contributed by atoms with E-state index in [0.717, 1.165) is 42.2 Å². The van der Waals surface area contributed by atoms with Crippen LogP contribution < -0.4 is 15.1 Å². The van der Waals surface area contributed by atoms with Crippen LogP contribution in [-0.2, 0) is 13.1 Å². The molecule has 0 bridgehead atoms. The topological polar surface area (TPSA) is 112 Å². The van der Waals surface area contributed by atoms with E-state index in [2.05, 4.69) is 21.8 Å². The molecule has 9 heteroatoms. The van der Waals surface area contributed by atoms with E-state index in [1.54, 1.807) is 28.0 Å². The summed E-state index contributed by atoms with van der Waals surface area (Å²) < 4.78 is 0. The minimum atomic E-state index is -0.120. The molecule has 2 aromatic heterocycles. The number of fused-ring (bicyclic) bond motifs is 1. The fourth-order valence-corrected chi connectivity index (χ4v) is 4.52. The average molecular weight is 461 g/mol. The van der Waals surface area contributed by atoms with E-state index in [1.807, 2.05) is 27.0 Å². The van der Waals surface area contributed by atoms with Gasteiger partial charge >= 0.3 is 0 Å². The Balaban J connectivity index is 1.67. The molecule has 0 spiro atoms. The van der Waals surface area contributed by atoms with Gasteiger partial charge in [0.15, 0.2) is 5.84 Å². The number of aromatic nitrogens is 2. The number of carbonyl (C=O) groups is 1. The zero-order valence-corrected chi connectivity index (χ0v) is 20.1. The highest BCUT2D eigenvalue weighted by Crippen LogP contribution is 2.34. The molecule has 9 nitrogen and oxygen atoms in total. The Morgan fingerprint density at radius 1 is 1.21 bits per heavy atom. The molecule has 2 aromatic rings. The summed E-state index contributed by atoms with van der Waals surface area (Å²) in [5.74, 6) is 1.66. The second-order valence-corrected chi connectivity index (χ2v) is 8.47. The highest BCUT2D eigenvalue weighted by molar-refractivity contribution is 6.11. The van der Waals surface area contributed by atoms with Gasteiger partial charge in [0, 0.05) is 37.3 Å². The molecular formula is C25H32N8O. The molecule has 0 saturated carbocycles. The molecule has 0 radical (unpaired) electrons. The number of hydrogen-bond donors (Lipinski definition) is 3. The fourth-order valence-electron chi connectivity index (χ4n) is 4.52. The predicted molar refractivity (Wildman–Crippen MR) is 135 cm³/mol. The smallest absolute Gasteiger partial charge is 0.260 e. The van der Waals surface area contributed by atoms with Gasteiger partial charge in [0.2, 0.25) is 0 Å². The van der Waals surface area contributed by atoms with E-state index >= 15 is 0 Å². The zero-order chi connectivity index (χ0) is 24.4. The van der Waals surface area contributed by atoms with Crippen molar-refractivity contribution in [2.45, 2.75) is 46.2 Å². The minimum absolute atomic E-state index is 0.120. The molecule has 2 aliphatic heterocycles. The lowest BCUT2D eigenvalue weighted by atomic mass is 10.1. The van der Waals surface area contributed by atoms with Crippen molar-refractivity contribution in [3.05, 3.63) is 59.1 Å². The van der Waals surface area contributed by atoms with Crippen molar-refractivity contribution < 1.29 is 4.79 Å². The van der Waals surface area contributed by atoms with Crippen LogP contribution in [-0.4, -0.2) is 52.6 Å². The molecule has 34 heavy (non-hydrogen) atoms. The van der Waals surface area contributed by atoms with Gasteiger partial charge in [0.1, 0.15) is 23.2 Å². The molecule has 1 amide bonds. The van der Waals surface area contributed by atoms with Gasteiger partial charge in [0.05, 0.1) is 17.8 Å². The normalized spacial score (nSPS) is 15.1. The van der Waals surface area contributed by atoms with Crippen molar-refractivity contribution in [1.29, 1.82) is 10.8 Å². The number of hydrogen-bond acceptors (Lipinski definition) is 7. The van der Waals surface area contributed by atoms with Crippen LogP contribution in [0.15, 0.2) is 36.5 Å². The summed E-state index contributed by atoms with van der Waals surface area (Å²) >= 11 is 0. The maximum atomic E-state index is 13.5. The summed E-state index contributed by atoms with van der Waals surface area (Å²) in [6, 6.07) is 7.21. The summed E-state index contributed by atoms with van der Waals surface area (Å²) in [5.41, 5.74) is 3.85. The Labute approximate surface area is 200 Å². The molecule has 0 unspecified atom stereocenters. The Bertz CT molecular complexity index is 1160. The Morgan fingerprint density at radius 3 is 2.65 bits per heavy atom. The third-order valence-electron chi connectivity index (χ3n) is 6.34.